The zero-order valence-electron chi connectivity index (χ0n) is 18.4. The number of pyridine rings is 1. The van der Waals surface area contributed by atoms with Crippen molar-refractivity contribution in [3.63, 3.8) is 0 Å². The van der Waals surface area contributed by atoms with Crippen molar-refractivity contribution in [2.75, 3.05) is 11.0 Å². The van der Waals surface area contributed by atoms with Crippen molar-refractivity contribution < 1.29 is 8.42 Å². The molecule has 1 aromatic heterocycles. The summed E-state index contributed by atoms with van der Waals surface area (Å²) in [6.45, 7) is 6.32. The van der Waals surface area contributed by atoms with E-state index in [1.165, 1.54) is 6.07 Å². The zero-order valence-corrected chi connectivity index (χ0v) is 19.2. The monoisotopic (exact) mass is 447 g/mol. The summed E-state index contributed by atoms with van der Waals surface area (Å²) in [5.41, 5.74) is 4.42. The van der Waals surface area contributed by atoms with Gasteiger partial charge in [0.05, 0.1) is 17.9 Å². The summed E-state index contributed by atoms with van der Waals surface area (Å²) in [5.74, 6) is 0. The predicted octanol–water partition coefficient (Wildman–Crippen LogP) is 4.75. The summed E-state index contributed by atoms with van der Waals surface area (Å²) in [7, 11) is -3.43. The number of sulfonamides is 1. The van der Waals surface area contributed by atoms with E-state index in [9.17, 15) is 18.5 Å². The van der Waals surface area contributed by atoms with Gasteiger partial charge in [0.1, 0.15) is 0 Å². The highest BCUT2D eigenvalue weighted by molar-refractivity contribution is 7.92. The topological polar surface area (TPSA) is 103 Å². The number of aromatic nitrogens is 1. The van der Waals surface area contributed by atoms with Crippen LogP contribution >= 0.6 is 0 Å². The van der Waals surface area contributed by atoms with E-state index in [4.69, 9.17) is 0 Å². The number of rotatable bonds is 5. The van der Waals surface area contributed by atoms with Crippen molar-refractivity contribution in [2.24, 2.45) is 0 Å². The summed E-state index contributed by atoms with van der Waals surface area (Å²) in [5, 5.41) is 9.51. The molecule has 2 N–H and O–H groups in total. The zero-order chi connectivity index (χ0) is 23.5. The number of nitriles is 1. The number of nitrogens with zero attached hydrogens (tertiary/aromatic N) is 1. The first kappa shape index (κ1) is 23.0. The Bertz CT molecular complexity index is 1390. The number of anilines is 1. The Labute approximate surface area is 188 Å². The van der Waals surface area contributed by atoms with E-state index in [2.05, 4.69) is 42.6 Å². The molecule has 0 amide bonds. The fourth-order valence-electron chi connectivity index (χ4n) is 3.25. The minimum Gasteiger partial charge on any atom is -0.329 e. The fraction of sp³-hybridized carbons (Fsp3) is 0.200. The van der Waals surface area contributed by atoms with E-state index >= 15 is 0 Å². The predicted molar refractivity (Wildman–Crippen MR) is 130 cm³/mol. The first-order chi connectivity index (χ1) is 15.0. The molecule has 0 spiro atoms. The average Bonchev–Trinajstić information content (AvgIpc) is 2.71. The van der Waals surface area contributed by atoms with Crippen LogP contribution in [0, 0.1) is 11.3 Å². The first-order valence-electron chi connectivity index (χ1n) is 10.00. The summed E-state index contributed by atoms with van der Waals surface area (Å²) >= 11 is 0. The Morgan fingerprint density at radius 3 is 2.44 bits per heavy atom. The summed E-state index contributed by atoms with van der Waals surface area (Å²) in [6.07, 6.45) is 6.36. The lowest BCUT2D eigenvalue weighted by molar-refractivity contribution is 0.590. The molecule has 7 heteroatoms. The molecule has 2 aromatic carbocycles. The minimum atomic E-state index is -3.43. The Hall–Kier alpha value is -3.63. The Morgan fingerprint density at radius 2 is 1.81 bits per heavy atom. The quantitative estimate of drug-likeness (QED) is 0.551. The van der Waals surface area contributed by atoms with Gasteiger partial charge in [-0.2, -0.15) is 5.26 Å². The van der Waals surface area contributed by atoms with E-state index < -0.39 is 10.0 Å². The number of hydrogen-bond acceptors (Lipinski definition) is 4. The highest BCUT2D eigenvalue weighted by Gasteiger charge is 2.16. The molecule has 3 aromatic rings. The van der Waals surface area contributed by atoms with Gasteiger partial charge >= 0.3 is 0 Å². The second-order valence-electron chi connectivity index (χ2n) is 8.63. The number of benzene rings is 2. The highest BCUT2D eigenvalue weighted by atomic mass is 32.2. The van der Waals surface area contributed by atoms with Crippen LogP contribution in [0.1, 0.15) is 43.0 Å². The van der Waals surface area contributed by atoms with Crippen LogP contribution < -0.4 is 10.3 Å². The van der Waals surface area contributed by atoms with Crippen molar-refractivity contribution in [3.05, 3.63) is 87.3 Å². The van der Waals surface area contributed by atoms with Gasteiger partial charge < -0.3 is 4.98 Å². The first-order valence-corrected chi connectivity index (χ1v) is 11.9. The second kappa shape index (κ2) is 8.85. The SMILES string of the molecule is CC(C)(C)c1cc(/C=C/c2ccc(NS(C)(=O)=O)cc2C#N)cc(-c2ccc[nH]c2=O)c1. The number of H-pyrrole nitrogens is 1. The Morgan fingerprint density at radius 1 is 1.06 bits per heavy atom. The molecule has 0 aliphatic carbocycles. The number of hydrogen-bond donors (Lipinski definition) is 2. The standard InChI is InChI=1S/C25H25N3O3S/c1-25(2,3)21-13-17(12-19(14-21)23-6-5-11-27-24(23)29)7-8-18-9-10-22(15-20(18)16-26)28-32(4,30)31/h5-15,28H,1-4H3,(H,27,29)/b8-7+. The number of aromatic amines is 1. The van der Waals surface area contributed by atoms with Crippen LogP contribution in [0.4, 0.5) is 5.69 Å². The highest BCUT2D eigenvalue weighted by Crippen LogP contribution is 2.29. The lowest BCUT2D eigenvalue weighted by Crippen LogP contribution is -2.13. The summed E-state index contributed by atoms with van der Waals surface area (Å²) in [6, 6.07) is 16.5. The van der Waals surface area contributed by atoms with Gasteiger partial charge in [-0.15, -0.1) is 0 Å². The molecule has 164 valence electrons. The van der Waals surface area contributed by atoms with Gasteiger partial charge in [0.15, 0.2) is 0 Å². The molecule has 0 atom stereocenters. The van der Waals surface area contributed by atoms with Crippen LogP contribution in [0.15, 0.2) is 59.5 Å². The average molecular weight is 448 g/mol. The van der Waals surface area contributed by atoms with Crippen molar-refractivity contribution in [1.29, 1.82) is 5.26 Å². The van der Waals surface area contributed by atoms with Crippen LogP contribution in [-0.4, -0.2) is 19.7 Å². The smallest absolute Gasteiger partial charge is 0.255 e. The van der Waals surface area contributed by atoms with E-state index in [0.29, 0.717) is 22.4 Å². The molecular formula is C25H25N3O3S. The Kier molecular flexibility index (Phi) is 6.37. The van der Waals surface area contributed by atoms with E-state index in [0.717, 1.165) is 22.9 Å². The molecule has 3 rings (SSSR count). The molecule has 0 bridgehead atoms. The lowest BCUT2D eigenvalue weighted by atomic mass is 9.84. The van der Waals surface area contributed by atoms with E-state index in [1.807, 2.05) is 24.3 Å². The summed E-state index contributed by atoms with van der Waals surface area (Å²) in [4.78, 5) is 15.0. The van der Waals surface area contributed by atoms with Gasteiger partial charge in [0.25, 0.3) is 5.56 Å². The van der Waals surface area contributed by atoms with Crippen LogP contribution in [-0.2, 0) is 15.4 Å². The molecular weight excluding hydrogens is 422 g/mol. The third kappa shape index (κ3) is 5.74. The molecule has 0 unspecified atom stereocenters. The van der Waals surface area contributed by atoms with Crippen LogP contribution in [0.5, 0.6) is 0 Å². The van der Waals surface area contributed by atoms with Gasteiger partial charge in [-0.3, -0.25) is 9.52 Å². The molecule has 32 heavy (non-hydrogen) atoms. The van der Waals surface area contributed by atoms with Crippen molar-refractivity contribution in [3.8, 4) is 17.2 Å². The van der Waals surface area contributed by atoms with E-state index in [1.54, 1.807) is 30.5 Å². The van der Waals surface area contributed by atoms with Crippen molar-refractivity contribution >= 4 is 27.9 Å². The molecule has 0 aliphatic heterocycles. The van der Waals surface area contributed by atoms with Crippen LogP contribution in [0.3, 0.4) is 0 Å². The van der Waals surface area contributed by atoms with Gasteiger partial charge in [-0.1, -0.05) is 51.1 Å². The molecule has 6 nitrogen and oxygen atoms in total. The fourth-order valence-corrected chi connectivity index (χ4v) is 3.80. The molecule has 0 saturated carbocycles. The van der Waals surface area contributed by atoms with Gasteiger partial charge in [0.2, 0.25) is 10.0 Å². The Balaban J connectivity index is 2.05. The third-order valence-electron chi connectivity index (χ3n) is 4.88. The molecule has 0 saturated heterocycles. The maximum Gasteiger partial charge on any atom is 0.255 e. The normalized spacial score (nSPS) is 12.0. The maximum atomic E-state index is 12.3. The van der Waals surface area contributed by atoms with E-state index in [-0.39, 0.29) is 11.0 Å². The lowest BCUT2D eigenvalue weighted by Gasteiger charge is -2.21. The molecule has 0 aliphatic rings. The van der Waals surface area contributed by atoms with Crippen molar-refractivity contribution in [1.82, 2.24) is 4.98 Å². The molecule has 0 radical (unpaired) electrons. The molecule has 0 fully saturated rings. The minimum absolute atomic E-state index is 0.128. The number of nitrogens with one attached hydrogen (secondary N) is 2. The second-order valence-corrected chi connectivity index (χ2v) is 10.4. The maximum absolute atomic E-state index is 12.3. The van der Waals surface area contributed by atoms with Gasteiger partial charge in [-0.25, -0.2) is 8.42 Å². The van der Waals surface area contributed by atoms with Crippen LogP contribution in [0.2, 0.25) is 0 Å². The molecule has 1 heterocycles. The summed E-state index contributed by atoms with van der Waals surface area (Å²) < 4.78 is 25.3. The van der Waals surface area contributed by atoms with Gasteiger partial charge in [0, 0.05) is 17.4 Å². The van der Waals surface area contributed by atoms with Gasteiger partial charge in [-0.05, 0) is 58.0 Å². The van der Waals surface area contributed by atoms with Crippen molar-refractivity contribution in [2.45, 2.75) is 26.2 Å². The van der Waals surface area contributed by atoms with Crippen LogP contribution in [0.25, 0.3) is 23.3 Å². The largest absolute Gasteiger partial charge is 0.329 e. The third-order valence-corrected chi connectivity index (χ3v) is 5.49.